The van der Waals surface area contributed by atoms with Crippen molar-refractivity contribution in [3.63, 3.8) is 0 Å². The van der Waals surface area contributed by atoms with E-state index in [-0.39, 0.29) is 11.7 Å². The molecule has 0 heterocycles. The van der Waals surface area contributed by atoms with Gasteiger partial charge in [0.25, 0.3) is 5.91 Å². The van der Waals surface area contributed by atoms with E-state index in [1.807, 2.05) is 0 Å². The maximum atomic E-state index is 12.0. The maximum Gasteiger partial charge on any atom is 0.253 e. The fourth-order valence-electron chi connectivity index (χ4n) is 1.63. The van der Waals surface area contributed by atoms with Gasteiger partial charge >= 0.3 is 0 Å². The number of hydrogen-bond acceptors (Lipinski definition) is 3. The summed E-state index contributed by atoms with van der Waals surface area (Å²) in [5, 5.41) is 11.9. The van der Waals surface area contributed by atoms with Gasteiger partial charge in [0.2, 0.25) is 0 Å². The third kappa shape index (κ3) is 3.48. The van der Waals surface area contributed by atoms with Crippen LogP contribution in [0.4, 0.5) is 5.69 Å². The van der Waals surface area contributed by atoms with Crippen LogP contribution in [0, 0.1) is 0 Å². The maximum absolute atomic E-state index is 12.0. The molecule has 2 rings (SSSR count). The van der Waals surface area contributed by atoms with Crippen molar-refractivity contribution in [2.75, 3.05) is 5.73 Å². The number of nitrogens with one attached hydrogen (secondary N) is 1. The Hall–Kier alpha value is -2.01. The van der Waals surface area contributed by atoms with Crippen molar-refractivity contribution < 1.29 is 9.90 Å². The van der Waals surface area contributed by atoms with E-state index in [2.05, 4.69) is 21.2 Å². The summed E-state index contributed by atoms with van der Waals surface area (Å²) in [6.07, 6.45) is 0. The van der Waals surface area contributed by atoms with Gasteiger partial charge in [-0.3, -0.25) is 4.79 Å². The Morgan fingerprint density at radius 2 is 1.89 bits per heavy atom. The van der Waals surface area contributed by atoms with E-state index in [0.29, 0.717) is 17.8 Å². The molecule has 0 spiro atoms. The zero-order valence-corrected chi connectivity index (χ0v) is 11.6. The number of halogens is 1. The van der Waals surface area contributed by atoms with Crippen molar-refractivity contribution in [1.29, 1.82) is 0 Å². The SMILES string of the molecule is Nc1cc(Br)ccc1C(=O)NCc1ccc(O)cc1. The predicted molar refractivity (Wildman–Crippen MR) is 77.8 cm³/mol. The van der Waals surface area contributed by atoms with Gasteiger partial charge < -0.3 is 16.2 Å². The number of anilines is 1. The largest absolute Gasteiger partial charge is 0.508 e. The van der Waals surface area contributed by atoms with Crippen molar-refractivity contribution in [2.45, 2.75) is 6.54 Å². The Bertz CT molecular complexity index is 597. The van der Waals surface area contributed by atoms with E-state index < -0.39 is 0 Å². The minimum absolute atomic E-state index is 0.201. The zero-order chi connectivity index (χ0) is 13.8. The van der Waals surface area contributed by atoms with Crippen molar-refractivity contribution >= 4 is 27.5 Å². The summed E-state index contributed by atoms with van der Waals surface area (Å²) < 4.78 is 0.833. The first-order chi connectivity index (χ1) is 9.06. The molecule has 1 amide bonds. The molecule has 4 N–H and O–H groups in total. The lowest BCUT2D eigenvalue weighted by Crippen LogP contribution is -2.23. The zero-order valence-electron chi connectivity index (χ0n) is 10.1. The molecule has 2 aromatic carbocycles. The van der Waals surface area contributed by atoms with Crippen molar-refractivity contribution in [2.24, 2.45) is 0 Å². The van der Waals surface area contributed by atoms with Crippen LogP contribution in [-0.4, -0.2) is 11.0 Å². The minimum Gasteiger partial charge on any atom is -0.508 e. The van der Waals surface area contributed by atoms with E-state index in [1.54, 1.807) is 42.5 Å². The third-order valence-electron chi connectivity index (χ3n) is 2.65. The number of carbonyl (C=O) groups excluding carboxylic acids is 1. The van der Waals surface area contributed by atoms with E-state index in [1.165, 1.54) is 0 Å². The second-order valence-electron chi connectivity index (χ2n) is 4.08. The Kier molecular flexibility index (Phi) is 4.06. The van der Waals surface area contributed by atoms with Gasteiger partial charge in [-0.25, -0.2) is 0 Å². The molecule has 0 fully saturated rings. The highest BCUT2D eigenvalue weighted by molar-refractivity contribution is 9.10. The van der Waals surface area contributed by atoms with E-state index in [4.69, 9.17) is 10.8 Å². The molecule has 0 atom stereocenters. The molecule has 19 heavy (non-hydrogen) atoms. The summed E-state index contributed by atoms with van der Waals surface area (Å²) in [5.41, 5.74) is 7.57. The average Bonchev–Trinajstić information content (AvgIpc) is 2.37. The lowest BCUT2D eigenvalue weighted by Gasteiger charge is -2.08. The standard InChI is InChI=1S/C14H13BrN2O2/c15-10-3-6-12(13(16)7-10)14(19)17-8-9-1-4-11(18)5-2-9/h1-7,18H,8,16H2,(H,17,19). The van der Waals surface area contributed by atoms with Crippen LogP contribution in [-0.2, 0) is 6.54 Å². The van der Waals surface area contributed by atoms with E-state index >= 15 is 0 Å². The van der Waals surface area contributed by atoms with Gasteiger partial charge in [0.1, 0.15) is 5.75 Å². The van der Waals surface area contributed by atoms with Crippen LogP contribution in [0.1, 0.15) is 15.9 Å². The van der Waals surface area contributed by atoms with Crippen LogP contribution in [0.25, 0.3) is 0 Å². The van der Waals surface area contributed by atoms with Crippen LogP contribution in [0.5, 0.6) is 5.75 Å². The second kappa shape index (κ2) is 5.75. The quantitative estimate of drug-likeness (QED) is 0.761. The summed E-state index contributed by atoms with van der Waals surface area (Å²) >= 11 is 3.29. The summed E-state index contributed by atoms with van der Waals surface area (Å²) in [5.74, 6) is -0.0229. The molecule has 0 unspecified atom stereocenters. The molecule has 0 aliphatic carbocycles. The molecule has 2 aromatic rings. The molecular formula is C14H13BrN2O2. The van der Waals surface area contributed by atoms with Gasteiger partial charge in [0, 0.05) is 16.7 Å². The first kappa shape index (κ1) is 13.4. The highest BCUT2D eigenvalue weighted by Crippen LogP contribution is 2.18. The molecular weight excluding hydrogens is 308 g/mol. The normalized spacial score (nSPS) is 10.2. The summed E-state index contributed by atoms with van der Waals surface area (Å²) in [6.45, 7) is 0.384. The van der Waals surface area contributed by atoms with Crippen LogP contribution in [0.15, 0.2) is 46.9 Å². The fourth-order valence-corrected chi connectivity index (χ4v) is 2.01. The molecule has 4 nitrogen and oxygen atoms in total. The monoisotopic (exact) mass is 320 g/mol. The number of amides is 1. The number of nitrogens with two attached hydrogens (primary N) is 1. The van der Waals surface area contributed by atoms with Gasteiger partial charge in [-0.1, -0.05) is 28.1 Å². The van der Waals surface area contributed by atoms with Crippen LogP contribution < -0.4 is 11.1 Å². The summed E-state index contributed by atoms with van der Waals surface area (Å²) in [6, 6.07) is 11.8. The van der Waals surface area contributed by atoms with Crippen molar-refractivity contribution in [3.8, 4) is 5.75 Å². The van der Waals surface area contributed by atoms with E-state index in [9.17, 15) is 4.79 Å². The van der Waals surface area contributed by atoms with Crippen molar-refractivity contribution in [3.05, 3.63) is 58.1 Å². The van der Waals surface area contributed by atoms with Crippen LogP contribution in [0.2, 0.25) is 0 Å². The average molecular weight is 321 g/mol. The molecule has 0 aliphatic heterocycles. The number of carbonyl (C=O) groups is 1. The number of hydrogen-bond donors (Lipinski definition) is 3. The number of phenols is 1. The Labute approximate surface area is 119 Å². The molecule has 0 bridgehead atoms. The van der Waals surface area contributed by atoms with Gasteiger partial charge in [-0.2, -0.15) is 0 Å². The number of rotatable bonds is 3. The number of aromatic hydroxyl groups is 1. The van der Waals surface area contributed by atoms with Gasteiger partial charge in [0.05, 0.1) is 5.56 Å². The molecule has 0 radical (unpaired) electrons. The fraction of sp³-hybridized carbons (Fsp3) is 0.0714. The van der Waals surface area contributed by atoms with E-state index in [0.717, 1.165) is 10.0 Å². The second-order valence-corrected chi connectivity index (χ2v) is 5.00. The molecule has 0 aromatic heterocycles. The highest BCUT2D eigenvalue weighted by atomic mass is 79.9. The van der Waals surface area contributed by atoms with Gasteiger partial charge in [0.15, 0.2) is 0 Å². The molecule has 5 heteroatoms. The summed E-state index contributed by atoms with van der Waals surface area (Å²) in [4.78, 5) is 12.0. The highest BCUT2D eigenvalue weighted by Gasteiger charge is 2.09. The minimum atomic E-state index is -0.224. The topological polar surface area (TPSA) is 75.4 Å². The Morgan fingerprint density at radius 1 is 1.21 bits per heavy atom. The molecule has 0 aliphatic rings. The number of phenolic OH excluding ortho intramolecular Hbond substituents is 1. The Morgan fingerprint density at radius 3 is 2.53 bits per heavy atom. The lowest BCUT2D eigenvalue weighted by molar-refractivity contribution is 0.0952. The van der Waals surface area contributed by atoms with Crippen molar-refractivity contribution in [1.82, 2.24) is 5.32 Å². The molecule has 0 saturated heterocycles. The smallest absolute Gasteiger partial charge is 0.253 e. The van der Waals surface area contributed by atoms with Gasteiger partial charge in [-0.15, -0.1) is 0 Å². The number of benzene rings is 2. The Balaban J connectivity index is 2.03. The predicted octanol–water partition coefficient (Wildman–Crippen LogP) is 2.67. The summed E-state index contributed by atoms with van der Waals surface area (Å²) in [7, 11) is 0. The van der Waals surface area contributed by atoms with Crippen LogP contribution in [0.3, 0.4) is 0 Å². The van der Waals surface area contributed by atoms with Crippen LogP contribution >= 0.6 is 15.9 Å². The van der Waals surface area contributed by atoms with Gasteiger partial charge in [-0.05, 0) is 35.9 Å². The first-order valence-electron chi connectivity index (χ1n) is 5.67. The first-order valence-corrected chi connectivity index (χ1v) is 6.46. The third-order valence-corrected chi connectivity index (χ3v) is 3.14. The lowest BCUT2D eigenvalue weighted by atomic mass is 10.1. The number of nitrogen functional groups attached to an aromatic ring is 1. The molecule has 0 saturated carbocycles. The molecule has 98 valence electrons.